The van der Waals surface area contributed by atoms with Crippen molar-refractivity contribution in [3.05, 3.63) is 107 Å². The predicted molar refractivity (Wildman–Crippen MR) is 122 cm³/mol. The topological polar surface area (TPSA) is 66.8 Å². The van der Waals surface area contributed by atoms with Crippen LogP contribution in [-0.4, -0.2) is 34.7 Å². The van der Waals surface area contributed by atoms with Gasteiger partial charge in [-0.2, -0.15) is 0 Å². The van der Waals surface area contributed by atoms with Crippen LogP contribution >= 0.6 is 0 Å². The third-order valence-electron chi connectivity index (χ3n) is 6.33. The zero-order chi connectivity index (χ0) is 23.3. The summed E-state index contributed by atoms with van der Waals surface area (Å²) >= 11 is 0. The largest absolute Gasteiger partial charge is 0.480 e. The van der Waals surface area contributed by atoms with Crippen molar-refractivity contribution in [1.82, 2.24) is 4.90 Å². The van der Waals surface area contributed by atoms with Gasteiger partial charge in [0.05, 0.1) is 0 Å². The number of benzene rings is 3. The van der Waals surface area contributed by atoms with Crippen LogP contribution in [0.3, 0.4) is 0 Å². The summed E-state index contributed by atoms with van der Waals surface area (Å²) in [5.41, 5.74) is 0.528. The number of nitrogens with zero attached hydrogens (tertiary/aromatic N) is 1. The highest BCUT2D eigenvalue weighted by Gasteiger charge is 2.46. The standard InChI is InChI=1S/C27H26FNO4/c28-23-15-13-22(14-16-23)27(25(30)31,21-10-5-2-6-11-21)18-24-12-7-17-29(24)26(32)33-19-20-8-3-1-4-9-20/h1-6,8-11,13-16,24H,7,12,17-19H2,(H,30,31). The molecule has 0 bridgehead atoms. The third-order valence-corrected chi connectivity index (χ3v) is 6.33. The molecule has 5 nitrogen and oxygen atoms in total. The molecule has 0 saturated carbocycles. The van der Waals surface area contributed by atoms with Crippen molar-refractivity contribution in [3.8, 4) is 0 Å². The number of carboxylic acids is 1. The number of hydrogen-bond acceptors (Lipinski definition) is 3. The first-order valence-electron chi connectivity index (χ1n) is 11.0. The zero-order valence-corrected chi connectivity index (χ0v) is 18.2. The summed E-state index contributed by atoms with van der Waals surface area (Å²) < 4.78 is 19.2. The van der Waals surface area contributed by atoms with E-state index >= 15 is 0 Å². The number of halogens is 1. The summed E-state index contributed by atoms with van der Waals surface area (Å²) in [6, 6.07) is 23.6. The molecule has 1 aliphatic heterocycles. The molecular formula is C27H26FNO4. The smallest absolute Gasteiger partial charge is 0.410 e. The first-order valence-corrected chi connectivity index (χ1v) is 11.0. The highest BCUT2D eigenvalue weighted by atomic mass is 19.1. The number of aliphatic carboxylic acids is 1. The Morgan fingerprint density at radius 2 is 1.55 bits per heavy atom. The lowest BCUT2D eigenvalue weighted by Crippen LogP contribution is -2.45. The number of ether oxygens (including phenoxy) is 1. The Morgan fingerprint density at radius 1 is 0.939 bits per heavy atom. The fourth-order valence-corrected chi connectivity index (χ4v) is 4.64. The number of carbonyl (C=O) groups excluding carboxylic acids is 1. The first kappa shape index (κ1) is 22.5. The Kier molecular flexibility index (Phi) is 6.73. The maximum atomic E-state index is 13.7. The fraction of sp³-hybridized carbons (Fsp3) is 0.259. The van der Waals surface area contributed by atoms with Crippen LogP contribution in [0.4, 0.5) is 9.18 Å². The van der Waals surface area contributed by atoms with Crippen LogP contribution in [-0.2, 0) is 21.6 Å². The average Bonchev–Trinajstić information content (AvgIpc) is 3.31. The molecule has 1 amide bonds. The normalized spacial score (nSPS) is 17.4. The van der Waals surface area contributed by atoms with Crippen molar-refractivity contribution in [1.29, 1.82) is 0 Å². The molecular weight excluding hydrogens is 421 g/mol. The molecule has 3 aromatic carbocycles. The van der Waals surface area contributed by atoms with E-state index in [0.29, 0.717) is 24.1 Å². The molecule has 6 heteroatoms. The van der Waals surface area contributed by atoms with Crippen LogP contribution in [0.5, 0.6) is 0 Å². The molecule has 0 radical (unpaired) electrons. The highest BCUT2D eigenvalue weighted by Crippen LogP contribution is 2.40. The second-order valence-electron chi connectivity index (χ2n) is 8.32. The summed E-state index contributed by atoms with van der Waals surface area (Å²) in [4.78, 5) is 27.4. The zero-order valence-electron chi connectivity index (χ0n) is 18.2. The lowest BCUT2D eigenvalue weighted by Gasteiger charge is -2.35. The van der Waals surface area contributed by atoms with Crippen molar-refractivity contribution in [2.24, 2.45) is 0 Å². The maximum absolute atomic E-state index is 13.7. The molecule has 0 aromatic heterocycles. The van der Waals surface area contributed by atoms with E-state index in [1.54, 1.807) is 29.2 Å². The Bertz CT molecular complexity index is 1090. The lowest BCUT2D eigenvalue weighted by atomic mass is 9.70. The monoisotopic (exact) mass is 447 g/mol. The van der Waals surface area contributed by atoms with Gasteiger partial charge < -0.3 is 14.7 Å². The number of carboxylic acid groups (broad SMARTS) is 1. The van der Waals surface area contributed by atoms with E-state index in [0.717, 1.165) is 12.0 Å². The van der Waals surface area contributed by atoms with Crippen molar-refractivity contribution in [3.63, 3.8) is 0 Å². The Hall–Kier alpha value is -3.67. The van der Waals surface area contributed by atoms with Crippen LogP contribution in [0.1, 0.15) is 36.0 Å². The maximum Gasteiger partial charge on any atom is 0.410 e. The second-order valence-corrected chi connectivity index (χ2v) is 8.32. The minimum atomic E-state index is -1.43. The van der Waals surface area contributed by atoms with E-state index in [1.807, 2.05) is 36.4 Å². The first-order chi connectivity index (χ1) is 16.0. The summed E-state index contributed by atoms with van der Waals surface area (Å²) in [6.45, 7) is 0.663. The summed E-state index contributed by atoms with van der Waals surface area (Å²) in [7, 11) is 0. The molecule has 4 rings (SSSR count). The highest BCUT2D eigenvalue weighted by molar-refractivity contribution is 5.86. The van der Waals surface area contributed by atoms with Gasteiger partial charge in [-0.1, -0.05) is 72.8 Å². The SMILES string of the molecule is O=C(OCc1ccccc1)N1CCCC1CC(C(=O)O)(c1ccccc1)c1ccc(F)cc1. The van der Waals surface area contributed by atoms with E-state index in [9.17, 15) is 19.1 Å². The number of rotatable bonds is 7. The quantitative estimate of drug-likeness (QED) is 0.528. The van der Waals surface area contributed by atoms with Crippen LogP contribution in [0, 0.1) is 5.82 Å². The van der Waals surface area contributed by atoms with Gasteiger partial charge in [0.1, 0.15) is 17.8 Å². The lowest BCUT2D eigenvalue weighted by molar-refractivity contribution is -0.143. The van der Waals surface area contributed by atoms with Crippen LogP contribution in [0.2, 0.25) is 0 Å². The minimum absolute atomic E-state index is 0.156. The van der Waals surface area contributed by atoms with Gasteiger partial charge >= 0.3 is 12.1 Å². The number of amides is 1. The molecule has 1 aliphatic rings. The number of hydrogen-bond donors (Lipinski definition) is 1. The molecule has 2 atom stereocenters. The molecule has 1 heterocycles. The molecule has 170 valence electrons. The van der Waals surface area contributed by atoms with Crippen molar-refractivity contribution in [2.75, 3.05) is 6.54 Å². The molecule has 1 fully saturated rings. The van der Waals surface area contributed by atoms with Gasteiger partial charge in [0, 0.05) is 12.6 Å². The number of likely N-dealkylation sites (tertiary alicyclic amines) is 1. The van der Waals surface area contributed by atoms with E-state index in [-0.39, 0.29) is 19.1 Å². The van der Waals surface area contributed by atoms with Gasteiger partial charge in [0.15, 0.2) is 0 Å². The fourth-order valence-electron chi connectivity index (χ4n) is 4.64. The van der Waals surface area contributed by atoms with Crippen LogP contribution in [0.15, 0.2) is 84.9 Å². The van der Waals surface area contributed by atoms with Crippen LogP contribution < -0.4 is 0 Å². The number of carbonyl (C=O) groups is 2. The molecule has 1 N–H and O–H groups in total. The van der Waals surface area contributed by atoms with Gasteiger partial charge in [0.25, 0.3) is 0 Å². The van der Waals surface area contributed by atoms with E-state index in [1.165, 1.54) is 24.3 Å². The molecule has 3 aromatic rings. The Labute approximate surface area is 192 Å². The summed E-state index contributed by atoms with van der Waals surface area (Å²) in [5, 5.41) is 10.5. The minimum Gasteiger partial charge on any atom is -0.480 e. The van der Waals surface area contributed by atoms with Crippen molar-refractivity contribution >= 4 is 12.1 Å². The van der Waals surface area contributed by atoms with E-state index < -0.39 is 23.3 Å². The average molecular weight is 448 g/mol. The third kappa shape index (κ3) is 4.75. The summed E-state index contributed by atoms with van der Waals surface area (Å²) in [5.74, 6) is -1.47. The van der Waals surface area contributed by atoms with Gasteiger partial charge in [0.2, 0.25) is 0 Å². The molecule has 0 aliphatic carbocycles. The van der Waals surface area contributed by atoms with Gasteiger partial charge in [-0.15, -0.1) is 0 Å². The molecule has 2 unspecified atom stereocenters. The molecule has 33 heavy (non-hydrogen) atoms. The van der Waals surface area contributed by atoms with E-state index in [4.69, 9.17) is 4.74 Å². The van der Waals surface area contributed by atoms with Crippen molar-refractivity contribution in [2.45, 2.75) is 37.3 Å². The Morgan fingerprint density at radius 3 is 2.18 bits per heavy atom. The van der Waals surface area contributed by atoms with Gasteiger partial charge in [-0.3, -0.25) is 4.79 Å². The molecule has 0 spiro atoms. The predicted octanol–water partition coefficient (Wildman–Crippen LogP) is 5.39. The second kappa shape index (κ2) is 9.86. The van der Waals surface area contributed by atoms with E-state index in [2.05, 4.69) is 0 Å². The Balaban J connectivity index is 1.63. The van der Waals surface area contributed by atoms with Gasteiger partial charge in [-0.05, 0) is 48.1 Å². The van der Waals surface area contributed by atoms with Gasteiger partial charge in [-0.25, -0.2) is 9.18 Å². The molecule has 1 saturated heterocycles. The van der Waals surface area contributed by atoms with Crippen LogP contribution in [0.25, 0.3) is 0 Å². The van der Waals surface area contributed by atoms with Crippen molar-refractivity contribution < 1.29 is 23.8 Å². The summed E-state index contributed by atoms with van der Waals surface area (Å²) in [6.07, 6.45) is 1.15.